The van der Waals surface area contributed by atoms with E-state index >= 15 is 0 Å². The zero-order chi connectivity index (χ0) is 20.0. The number of ether oxygens (including phenoxy) is 2. The van der Waals surface area contributed by atoms with Gasteiger partial charge in [0.05, 0.1) is 11.5 Å². The fourth-order valence-electron chi connectivity index (χ4n) is 2.93. The molecule has 1 saturated heterocycles. The molecule has 0 aromatic heterocycles. The first-order chi connectivity index (χ1) is 13.5. The lowest BCUT2D eigenvalue weighted by Gasteiger charge is -2.15. The van der Waals surface area contributed by atoms with Crippen molar-refractivity contribution in [3.05, 3.63) is 48.5 Å². The van der Waals surface area contributed by atoms with Crippen molar-refractivity contribution < 1.29 is 22.7 Å². The summed E-state index contributed by atoms with van der Waals surface area (Å²) in [4.78, 5) is 12.3. The van der Waals surface area contributed by atoms with Crippen LogP contribution in [0.5, 0.6) is 11.5 Å². The molecule has 1 aliphatic rings. The molecule has 1 amide bonds. The van der Waals surface area contributed by atoms with Crippen LogP contribution < -0.4 is 14.8 Å². The quantitative estimate of drug-likeness (QED) is 0.731. The molecule has 1 aliphatic heterocycles. The Labute approximate surface area is 165 Å². The van der Waals surface area contributed by atoms with Gasteiger partial charge >= 0.3 is 0 Å². The van der Waals surface area contributed by atoms with Crippen molar-refractivity contribution in [2.24, 2.45) is 0 Å². The maximum atomic E-state index is 12.5. The molecular formula is C20H24N2O5S. The van der Waals surface area contributed by atoms with Gasteiger partial charge in [-0.25, -0.2) is 8.42 Å². The molecule has 3 rings (SSSR count). The summed E-state index contributed by atoms with van der Waals surface area (Å²) in [6.45, 7) is 3.46. The Bertz CT molecular complexity index is 889. The fraction of sp³-hybridized carbons (Fsp3) is 0.350. The Kier molecular flexibility index (Phi) is 6.53. The van der Waals surface area contributed by atoms with Crippen LogP contribution in [-0.2, 0) is 14.8 Å². The molecule has 0 unspecified atom stereocenters. The summed E-state index contributed by atoms with van der Waals surface area (Å²) >= 11 is 0. The SMILES string of the molecule is CCOc1ccc(OCC(=O)Nc2ccc(S(=O)(=O)N3CCCC3)cc2)cc1. The van der Waals surface area contributed by atoms with Crippen LogP contribution in [-0.4, -0.2) is 44.9 Å². The van der Waals surface area contributed by atoms with Gasteiger partial charge in [0, 0.05) is 18.8 Å². The van der Waals surface area contributed by atoms with Crippen molar-refractivity contribution in [2.75, 3.05) is 31.6 Å². The van der Waals surface area contributed by atoms with E-state index in [0.29, 0.717) is 31.1 Å². The first-order valence-corrected chi connectivity index (χ1v) is 10.7. The number of amides is 1. The van der Waals surface area contributed by atoms with E-state index < -0.39 is 10.0 Å². The summed E-state index contributed by atoms with van der Waals surface area (Å²) in [5.74, 6) is 0.970. The minimum Gasteiger partial charge on any atom is -0.494 e. The van der Waals surface area contributed by atoms with Crippen molar-refractivity contribution in [1.29, 1.82) is 0 Å². The maximum Gasteiger partial charge on any atom is 0.262 e. The molecule has 1 fully saturated rings. The maximum absolute atomic E-state index is 12.5. The Balaban J connectivity index is 1.52. The summed E-state index contributed by atoms with van der Waals surface area (Å²) in [5.41, 5.74) is 0.515. The van der Waals surface area contributed by atoms with Gasteiger partial charge in [0.2, 0.25) is 10.0 Å². The molecule has 28 heavy (non-hydrogen) atoms. The summed E-state index contributed by atoms with van der Waals surface area (Å²) in [7, 11) is -3.45. The number of carbonyl (C=O) groups is 1. The molecule has 150 valence electrons. The Morgan fingerprint density at radius 3 is 2.11 bits per heavy atom. The second-order valence-corrected chi connectivity index (χ2v) is 8.31. The van der Waals surface area contributed by atoms with Gasteiger partial charge in [0.1, 0.15) is 11.5 Å². The van der Waals surface area contributed by atoms with Crippen LogP contribution >= 0.6 is 0 Å². The molecule has 1 N–H and O–H groups in total. The molecule has 7 nitrogen and oxygen atoms in total. The number of hydrogen-bond donors (Lipinski definition) is 1. The number of rotatable bonds is 8. The predicted octanol–water partition coefficient (Wildman–Crippen LogP) is 2.89. The van der Waals surface area contributed by atoms with Crippen LogP contribution in [0, 0.1) is 0 Å². The minimum atomic E-state index is -3.45. The smallest absolute Gasteiger partial charge is 0.262 e. The van der Waals surface area contributed by atoms with Crippen LogP contribution in [0.25, 0.3) is 0 Å². The van der Waals surface area contributed by atoms with E-state index in [2.05, 4.69) is 5.32 Å². The fourth-order valence-corrected chi connectivity index (χ4v) is 4.45. The van der Waals surface area contributed by atoms with E-state index in [4.69, 9.17) is 9.47 Å². The molecule has 0 saturated carbocycles. The third kappa shape index (κ3) is 5.02. The van der Waals surface area contributed by atoms with Crippen LogP contribution in [0.1, 0.15) is 19.8 Å². The number of carbonyl (C=O) groups excluding carboxylic acids is 1. The van der Waals surface area contributed by atoms with Crippen LogP contribution in [0.3, 0.4) is 0 Å². The van der Waals surface area contributed by atoms with Gasteiger partial charge < -0.3 is 14.8 Å². The molecule has 0 aliphatic carbocycles. The summed E-state index contributed by atoms with van der Waals surface area (Å²) in [6.07, 6.45) is 1.78. The Morgan fingerprint density at radius 1 is 0.964 bits per heavy atom. The predicted molar refractivity (Wildman–Crippen MR) is 106 cm³/mol. The lowest BCUT2D eigenvalue weighted by molar-refractivity contribution is -0.118. The van der Waals surface area contributed by atoms with Crippen molar-refractivity contribution in [3.63, 3.8) is 0 Å². The van der Waals surface area contributed by atoms with Gasteiger partial charge in [-0.2, -0.15) is 4.31 Å². The van der Waals surface area contributed by atoms with Crippen LogP contribution in [0.4, 0.5) is 5.69 Å². The topological polar surface area (TPSA) is 84.9 Å². The first kappa shape index (κ1) is 20.2. The molecule has 2 aromatic rings. The van der Waals surface area contributed by atoms with Gasteiger partial charge in [0.25, 0.3) is 5.91 Å². The molecule has 8 heteroatoms. The van der Waals surface area contributed by atoms with E-state index in [-0.39, 0.29) is 17.4 Å². The average Bonchev–Trinajstić information content (AvgIpc) is 3.24. The summed E-state index contributed by atoms with van der Waals surface area (Å²) in [6, 6.07) is 13.2. The summed E-state index contributed by atoms with van der Waals surface area (Å²) < 4.78 is 37.3. The highest BCUT2D eigenvalue weighted by Crippen LogP contribution is 2.22. The van der Waals surface area contributed by atoms with Crippen molar-refractivity contribution in [2.45, 2.75) is 24.7 Å². The number of benzene rings is 2. The minimum absolute atomic E-state index is 0.151. The van der Waals surface area contributed by atoms with Crippen molar-refractivity contribution in [3.8, 4) is 11.5 Å². The Morgan fingerprint density at radius 2 is 1.54 bits per heavy atom. The zero-order valence-electron chi connectivity index (χ0n) is 15.8. The van der Waals surface area contributed by atoms with Crippen molar-refractivity contribution >= 4 is 21.6 Å². The standard InChI is InChI=1S/C20H24N2O5S/c1-2-26-17-7-9-18(10-8-17)27-15-20(23)21-16-5-11-19(12-6-16)28(24,25)22-13-3-4-14-22/h5-12H,2-4,13-15H2,1H3,(H,21,23). The average molecular weight is 404 g/mol. The zero-order valence-corrected chi connectivity index (χ0v) is 16.6. The van der Waals surface area contributed by atoms with E-state index in [0.717, 1.165) is 18.6 Å². The van der Waals surface area contributed by atoms with Gasteiger partial charge in [-0.3, -0.25) is 4.79 Å². The number of hydrogen-bond acceptors (Lipinski definition) is 5. The van der Waals surface area contributed by atoms with E-state index in [9.17, 15) is 13.2 Å². The van der Waals surface area contributed by atoms with E-state index in [1.54, 1.807) is 36.4 Å². The normalized spacial score (nSPS) is 14.6. The van der Waals surface area contributed by atoms with Crippen LogP contribution in [0.15, 0.2) is 53.4 Å². The number of anilines is 1. The lowest BCUT2D eigenvalue weighted by Crippen LogP contribution is -2.27. The second kappa shape index (κ2) is 9.07. The molecule has 0 radical (unpaired) electrons. The van der Waals surface area contributed by atoms with Crippen LogP contribution in [0.2, 0.25) is 0 Å². The summed E-state index contributed by atoms with van der Waals surface area (Å²) in [5, 5.41) is 2.70. The van der Waals surface area contributed by atoms with Gasteiger partial charge in [-0.1, -0.05) is 0 Å². The molecule has 0 spiro atoms. The highest BCUT2D eigenvalue weighted by molar-refractivity contribution is 7.89. The highest BCUT2D eigenvalue weighted by atomic mass is 32.2. The monoisotopic (exact) mass is 404 g/mol. The largest absolute Gasteiger partial charge is 0.494 e. The van der Waals surface area contributed by atoms with Crippen molar-refractivity contribution in [1.82, 2.24) is 4.31 Å². The third-order valence-electron chi connectivity index (χ3n) is 4.35. The molecule has 0 bridgehead atoms. The number of nitrogens with one attached hydrogen (secondary N) is 1. The molecule has 1 heterocycles. The number of sulfonamides is 1. The highest BCUT2D eigenvalue weighted by Gasteiger charge is 2.26. The number of nitrogens with zero attached hydrogens (tertiary/aromatic N) is 1. The van der Waals surface area contributed by atoms with Gasteiger partial charge in [-0.05, 0) is 68.3 Å². The Hall–Kier alpha value is -2.58. The second-order valence-electron chi connectivity index (χ2n) is 6.38. The first-order valence-electron chi connectivity index (χ1n) is 9.25. The van der Waals surface area contributed by atoms with E-state index in [1.807, 2.05) is 6.92 Å². The third-order valence-corrected chi connectivity index (χ3v) is 6.26. The van der Waals surface area contributed by atoms with E-state index in [1.165, 1.54) is 16.4 Å². The van der Waals surface area contributed by atoms with Gasteiger partial charge in [0.15, 0.2) is 6.61 Å². The van der Waals surface area contributed by atoms with Gasteiger partial charge in [-0.15, -0.1) is 0 Å². The molecular weight excluding hydrogens is 380 g/mol. The molecule has 2 aromatic carbocycles. The molecule has 0 atom stereocenters. The lowest BCUT2D eigenvalue weighted by atomic mass is 10.3.